The van der Waals surface area contributed by atoms with Crippen LogP contribution < -0.4 is 0 Å². The van der Waals surface area contributed by atoms with Crippen molar-refractivity contribution in [1.29, 1.82) is 0 Å². The van der Waals surface area contributed by atoms with Gasteiger partial charge in [-0.15, -0.1) is 11.3 Å². The summed E-state index contributed by atoms with van der Waals surface area (Å²) < 4.78 is 0. The van der Waals surface area contributed by atoms with Crippen molar-refractivity contribution < 1.29 is 0 Å². The molecule has 0 saturated heterocycles. The third kappa shape index (κ3) is 3.67. The number of hydrogen-bond acceptors (Lipinski definition) is 2. The van der Waals surface area contributed by atoms with Gasteiger partial charge >= 0.3 is 0 Å². The molecule has 0 aliphatic rings. The minimum absolute atomic E-state index is 1.13. The zero-order chi connectivity index (χ0) is 12.8. The predicted molar refractivity (Wildman–Crippen MR) is 80.1 cm³/mol. The molecule has 0 aliphatic carbocycles. The van der Waals surface area contributed by atoms with Gasteiger partial charge in [-0.25, -0.2) is 4.98 Å². The highest BCUT2D eigenvalue weighted by Gasteiger charge is 2.04. The summed E-state index contributed by atoms with van der Waals surface area (Å²) in [4.78, 5) is 4.74. The summed E-state index contributed by atoms with van der Waals surface area (Å²) in [5.74, 6) is 0. The number of aryl methyl sites for hydroxylation is 2. The minimum Gasteiger partial charge on any atom is -0.241 e. The molecule has 0 bridgehead atoms. The summed E-state index contributed by atoms with van der Waals surface area (Å²) in [6, 6.07) is 8.59. The van der Waals surface area contributed by atoms with Gasteiger partial charge in [-0.2, -0.15) is 0 Å². The quantitative estimate of drug-likeness (QED) is 0.646. The lowest BCUT2D eigenvalue weighted by atomic mass is 10.1. The van der Waals surface area contributed by atoms with E-state index < -0.39 is 0 Å². The fourth-order valence-electron chi connectivity index (χ4n) is 2.07. The van der Waals surface area contributed by atoms with Crippen molar-refractivity contribution in [2.45, 2.75) is 46.0 Å². The Morgan fingerprint density at radius 1 is 1.17 bits per heavy atom. The molecule has 0 unspecified atom stereocenters. The molecule has 2 rings (SSSR count). The summed E-state index contributed by atoms with van der Waals surface area (Å²) in [7, 11) is 0. The van der Waals surface area contributed by atoms with Crippen LogP contribution in [-0.4, -0.2) is 4.98 Å². The van der Waals surface area contributed by atoms with Crippen LogP contribution in [0, 0.1) is 6.92 Å². The van der Waals surface area contributed by atoms with Gasteiger partial charge in [0.2, 0.25) is 0 Å². The first kappa shape index (κ1) is 13.3. The van der Waals surface area contributed by atoms with Crippen LogP contribution in [0.3, 0.4) is 0 Å². The van der Waals surface area contributed by atoms with Crippen molar-refractivity contribution in [2.75, 3.05) is 0 Å². The molecule has 0 fully saturated rings. The lowest BCUT2D eigenvalue weighted by Gasteiger charge is -1.98. The number of rotatable bonds is 6. The van der Waals surface area contributed by atoms with Gasteiger partial charge in [0.15, 0.2) is 0 Å². The van der Waals surface area contributed by atoms with Gasteiger partial charge in [0.25, 0.3) is 0 Å². The van der Waals surface area contributed by atoms with Crippen LogP contribution in [0.25, 0.3) is 10.6 Å². The van der Waals surface area contributed by atoms with Gasteiger partial charge in [-0.05, 0) is 25.8 Å². The summed E-state index contributed by atoms with van der Waals surface area (Å²) in [5, 5.41) is 3.37. The van der Waals surface area contributed by atoms with Gasteiger partial charge in [-0.1, -0.05) is 49.9 Å². The van der Waals surface area contributed by atoms with Gasteiger partial charge in [0.1, 0.15) is 5.01 Å². The molecule has 0 spiro atoms. The average molecular weight is 259 g/mol. The van der Waals surface area contributed by atoms with Crippen LogP contribution in [0.15, 0.2) is 29.6 Å². The Kier molecular flexibility index (Phi) is 4.94. The third-order valence-electron chi connectivity index (χ3n) is 3.10. The normalized spacial score (nSPS) is 10.8. The highest BCUT2D eigenvalue weighted by molar-refractivity contribution is 7.13. The van der Waals surface area contributed by atoms with Crippen molar-refractivity contribution in [3.8, 4) is 10.6 Å². The standard InChI is InChI=1S/C16H21NS/c1-3-4-5-6-10-15-12-18-16(17-15)14-9-7-8-13(2)11-14/h7-9,11-12H,3-6,10H2,1-2H3. The molecule has 0 amide bonds. The number of nitrogens with zero attached hydrogens (tertiary/aromatic N) is 1. The lowest BCUT2D eigenvalue weighted by molar-refractivity contribution is 0.662. The fourth-order valence-corrected chi connectivity index (χ4v) is 2.92. The highest BCUT2D eigenvalue weighted by atomic mass is 32.1. The molecule has 1 heterocycles. The SMILES string of the molecule is CCCCCCc1csc(-c2cccc(C)c2)n1. The third-order valence-corrected chi connectivity index (χ3v) is 4.04. The molecule has 0 radical (unpaired) electrons. The van der Waals surface area contributed by atoms with Crippen LogP contribution >= 0.6 is 11.3 Å². The monoisotopic (exact) mass is 259 g/mol. The van der Waals surface area contributed by atoms with E-state index in [1.54, 1.807) is 11.3 Å². The first-order valence-electron chi connectivity index (χ1n) is 6.81. The van der Waals surface area contributed by atoms with E-state index in [2.05, 4.69) is 43.5 Å². The molecule has 18 heavy (non-hydrogen) atoms. The first-order chi connectivity index (χ1) is 8.79. The van der Waals surface area contributed by atoms with E-state index in [4.69, 9.17) is 4.98 Å². The van der Waals surface area contributed by atoms with E-state index in [0.717, 1.165) is 11.4 Å². The predicted octanol–water partition coefficient (Wildman–Crippen LogP) is 5.24. The van der Waals surface area contributed by atoms with E-state index in [1.165, 1.54) is 42.5 Å². The van der Waals surface area contributed by atoms with Gasteiger partial charge in [0.05, 0.1) is 5.69 Å². The molecule has 0 N–H and O–H groups in total. The molecule has 1 aromatic carbocycles. The van der Waals surface area contributed by atoms with Crippen LogP contribution in [0.5, 0.6) is 0 Å². The Bertz CT molecular complexity index is 487. The largest absolute Gasteiger partial charge is 0.241 e. The zero-order valence-corrected chi connectivity index (χ0v) is 12.1. The first-order valence-corrected chi connectivity index (χ1v) is 7.69. The molecular formula is C16H21NS. The molecule has 2 heteroatoms. The van der Waals surface area contributed by atoms with Gasteiger partial charge in [0, 0.05) is 10.9 Å². The lowest BCUT2D eigenvalue weighted by Crippen LogP contribution is -1.86. The van der Waals surface area contributed by atoms with E-state index in [0.29, 0.717) is 0 Å². The van der Waals surface area contributed by atoms with Crippen molar-refractivity contribution in [1.82, 2.24) is 4.98 Å². The van der Waals surface area contributed by atoms with Crippen LogP contribution in [-0.2, 0) is 6.42 Å². The molecule has 0 aliphatic heterocycles. The maximum absolute atomic E-state index is 4.74. The molecule has 0 atom stereocenters. The Labute approximate surface area is 114 Å². The summed E-state index contributed by atoms with van der Waals surface area (Å²) in [6.45, 7) is 4.38. The maximum Gasteiger partial charge on any atom is 0.123 e. The molecule has 96 valence electrons. The van der Waals surface area contributed by atoms with E-state index >= 15 is 0 Å². The molecule has 2 aromatic rings. The smallest absolute Gasteiger partial charge is 0.123 e. The van der Waals surface area contributed by atoms with Crippen molar-refractivity contribution in [3.05, 3.63) is 40.9 Å². The molecule has 0 saturated carbocycles. The van der Waals surface area contributed by atoms with Crippen LogP contribution in [0.4, 0.5) is 0 Å². The molecular weight excluding hydrogens is 238 g/mol. The minimum atomic E-state index is 1.13. The highest BCUT2D eigenvalue weighted by Crippen LogP contribution is 2.25. The number of benzene rings is 1. The number of aromatic nitrogens is 1. The Morgan fingerprint density at radius 3 is 2.83 bits per heavy atom. The average Bonchev–Trinajstić information content (AvgIpc) is 2.83. The number of hydrogen-bond donors (Lipinski definition) is 0. The number of unbranched alkanes of at least 4 members (excludes halogenated alkanes) is 3. The molecule has 1 nitrogen and oxygen atoms in total. The Balaban J connectivity index is 1.97. The Hall–Kier alpha value is -1.15. The second-order valence-corrected chi connectivity index (χ2v) is 5.68. The maximum atomic E-state index is 4.74. The second-order valence-electron chi connectivity index (χ2n) is 4.82. The second kappa shape index (κ2) is 6.69. The van der Waals surface area contributed by atoms with Crippen LogP contribution in [0.2, 0.25) is 0 Å². The van der Waals surface area contributed by atoms with Gasteiger partial charge < -0.3 is 0 Å². The number of thiazole rings is 1. The van der Waals surface area contributed by atoms with Crippen LogP contribution in [0.1, 0.15) is 43.9 Å². The van der Waals surface area contributed by atoms with E-state index in [-0.39, 0.29) is 0 Å². The topological polar surface area (TPSA) is 12.9 Å². The zero-order valence-electron chi connectivity index (χ0n) is 11.3. The fraction of sp³-hybridized carbons (Fsp3) is 0.438. The van der Waals surface area contributed by atoms with E-state index in [1.807, 2.05) is 0 Å². The van der Waals surface area contributed by atoms with Crippen molar-refractivity contribution >= 4 is 11.3 Å². The summed E-state index contributed by atoms with van der Waals surface area (Å²) >= 11 is 1.76. The summed E-state index contributed by atoms with van der Waals surface area (Å²) in [5.41, 5.74) is 3.81. The van der Waals surface area contributed by atoms with Crippen molar-refractivity contribution in [3.63, 3.8) is 0 Å². The van der Waals surface area contributed by atoms with Gasteiger partial charge in [-0.3, -0.25) is 0 Å². The summed E-state index contributed by atoms with van der Waals surface area (Å²) in [6.07, 6.45) is 6.36. The van der Waals surface area contributed by atoms with E-state index in [9.17, 15) is 0 Å². The molecule has 1 aromatic heterocycles. The Morgan fingerprint density at radius 2 is 2.06 bits per heavy atom. The van der Waals surface area contributed by atoms with Crippen molar-refractivity contribution in [2.24, 2.45) is 0 Å².